The van der Waals surface area contributed by atoms with Crippen molar-refractivity contribution in [3.63, 3.8) is 0 Å². The van der Waals surface area contributed by atoms with Gasteiger partial charge in [0.15, 0.2) is 0 Å². The first-order chi connectivity index (χ1) is 15.5. The monoisotopic (exact) mass is 445 g/mol. The van der Waals surface area contributed by atoms with E-state index in [1.54, 1.807) is 0 Å². The molecule has 0 spiro atoms. The Balaban J connectivity index is 1.40. The molecule has 1 saturated heterocycles. The highest BCUT2D eigenvalue weighted by Crippen LogP contribution is 2.29. The molecule has 0 saturated carbocycles. The zero-order valence-corrected chi connectivity index (χ0v) is 18.9. The van der Waals surface area contributed by atoms with Crippen molar-refractivity contribution in [3.05, 3.63) is 76.5 Å². The number of rotatable bonds is 3. The highest BCUT2D eigenvalue weighted by molar-refractivity contribution is 6.30. The van der Waals surface area contributed by atoms with Crippen LogP contribution in [-0.2, 0) is 0 Å². The number of carbonyl (C=O) groups is 1. The molecule has 6 nitrogen and oxygen atoms in total. The summed E-state index contributed by atoms with van der Waals surface area (Å²) in [5.41, 5.74) is 5.17. The first kappa shape index (κ1) is 20.6. The van der Waals surface area contributed by atoms with Crippen molar-refractivity contribution in [1.82, 2.24) is 24.8 Å². The highest BCUT2D eigenvalue weighted by atomic mass is 35.5. The number of piperidine rings is 1. The van der Waals surface area contributed by atoms with Crippen molar-refractivity contribution in [2.75, 3.05) is 13.1 Å². The molecule has 4 aromatic rings. The van der Waals surface area contributed by atoms with Crippen LogP contribution in [0.2, 0.25) is 5.02 Å². The van der Waals surface area contributed by atoms with E-state index in [4.69, 9.17) is 21.6 Å². The molecule has 1 atom stereocenters. The fraction of sp³-hybridized carbons (Fsp3) is 0.280. The number of amides is 1. The summed E-state index contributed by atoms with van der Waals surface area (Å²) in [5.74, 6) is 1.77. The van der Waals surface area contributed by atoms with E-state index < -0.39 is 0 Å². The highest BCUT2D eigenvalue weighted by Gasteiger charge is 2.28. The van der Waals surface area contributed by atoms with Gasteiger partial charge in [-0.25, -0.2) is 15.0 Å². The molecule has 32 heavy (non-hydrogen) atoms. The number of imidazole rings is 1. The van der Waals surface area contributed by atoms with Crippen LogP contribution in [0.4, 0.5) is 0 Å². The third-order valence-corrected chi connectivity index (χ3v) is 6.15. The predicted molar refractivity (Wildman–Crippen MR) is 126 cm³/mol. The van der Waals surface area contributed by atoms with Crippen LogP contribution >= 0.6 is 11.6 Å². The molecule has 0 radical (unpaired) electrons. The topological polar surface area (TPSA) is 74.8 Å². The number of H-pyrrole nitrogens is 1. The molecule has 2 aromatic heterocycles. The van der Waals surface area contributed by atoms with E-state index in [9.17, 15) is 4.79 Å². The normalized spacial score (nSPS) is 16.5. The molecular weight excluding hydrogens is 422 g/mol. The summed E-state index contributed by atoms with van der Waals surface area (Å²) in [7, 11) is 0. The molecule has 1 fully saturated rings. The van der Waals surface area contributed by atoms with Crippen molar-refractivity contribution in [2.45, 2.75) is 32.6 Å². The number of fused-ring (bicyclic) bond motifs is 1. The number of halogens is 1. The molecule has 162 valence electrons. The number of likely N-dealkylation sites (tertiary alicyclic amines) is 1. The molecule has 1 aliphatic rings. The van der Waals surface area contributed by atoms with Crippen LogP contribution in [-0.4, -0.2) is 43.8 Å². The lowest BCUT2D eigenvalue weighted by atomic mass is 9.96. The van der Waals surface area contributed by atoms with Gasteiger partial charge in [-0.1, -0.05) is 23.7 Å². The quantitative estimate of drug-likeness (QED) is 0.463. The second kappa shape index (κ2) is 8.36. The molecule has 0 aliphatic carbocycles. The van der Waals surface area contributed by atoms with Gasteiger partial charge in [0, 0.05) is 40.9 Å². The lowest BCUT2D eigenvalue weighted by molar-refractivity contribution is 0.0704. The van der Waals surface area contributed by atoms with Gasteiger partial charge in [-0.3, -0.25) is 4.79 Å². The van der Waals surface area contributed by atoms with Crippen molar-refractivity contribution < 1.29 is 4.79 Å². The van der Waals surface area contributed by atoms with Crippen molar-refractivity contribution in [3.8, 4) is 11.3 Å². The van der Waals surface area contributed by atoms with E-state index in [1.165, 1.54) is 0 Å². The van der Waals surface area contributed by atoms with E-state index in [-0.39, 0.29) is 11.8 Å². The first-order valence-corrected chi connectivity index (χ1v) is 11.2. The zero-order valence-electron chi connectivity index (χ0n) is 18.1. The average molecular weight is 446 g/mol. The van der Waals surface area contributed by atoms with Gasteiger partial charge in [0.25, 0.3) is 5.91 Å². The Labute approximate surface area is 191 Å². The second-order valence-electron chi connectivity index (χ2n) is 8.41. The lowest BCUT2D eigenvalue weighted by Crippen LogP contribution is -2.39. The van der Waals surface area contributed by atoms with E-state index in [2.05, 4.69) is 9.97 Å². The summed E-state index contributed by atoms with van der Waals surface area (Å²) >= 11 is 6.18. The minimum absolute atomic E-state index is 0.0339. The first-order valence-electron chi connectivity index (χ1n) is 10.8. The number of nitrogens with zero attached hydrogens (tertiary/aromatic N) is 4. The summed E-state index contributed by atoms with van der Waals surface area (Å²) in [5, 5.41) is 0.680. The maximum Gasteiger partial charge on any atom is 0.253 e. The molecule has 1 unspecified atom stereocenters. The van der Waals surface area contributed by atoms with Crippen LogP contribution in [0.3, 0.4) is 0 Å². The number of aromatic nitrogens is 4. The second-order valence-corrected chi connectivity index (χ2v) is 8.84. The Morgan fingerprint density at radius 1 is 1.09 bits per heavy atom. The van der Waals surface area contributed by atoms with Gasteiger partial charge >= 0.3 is 0 Å². The molecule has 1 amide bonds. The van der Waals surface area contributed by atoms with E-state index in [1.807, 2.05) is 67.3 Å². The van der Waals surface area contributed by atoms with Crippen LogP contribution in [0.25, 0.3) is 22.3 Å². The van der Waals surface area contributed by atoms with Crippen LogP contribution in [0, 0.1) is 13.8 Å². The lowest BCUT2D eigenvalue weighted by Gasteiger charge is -2.32. The summed E-state index contributed by atoms with van der Waals surface area (Å²) in [6.45, 7) is 5.24. The molecule has 2 aromatic carbocycles. The maximum absolute atomic E-state index is 13.3. The third-order valence-electron chi connectivity index (χ3n) is 5.91. The number of hydrogen-bond donors (Lipinski definition) is 1. The van der Waals surface area contributed by atoms with Gasteiger partial charge in [0.1, 0.15) is 11.6 Å². The Hall–Kier alpha value is -3.25. The average Bonchev–Trinajstić information content (AvgIpc) is 3.17. The third kappa shape index (κ3) is 4.10. The van der Waals surface area contributed by atoms with Crippen LogP contribution in [0.1, 0.15) is 46.5 Å². The van der Waals surface area contributed by atoms with Crippen molar-refractivity contribution >= 4 is 28.5 Å². The minimum Gasteiger partial charge on any atom is -0.342 e. The fourth-order valence-electron chi connectivity index (χ4n) is 4.39. The summed E-state index contributed by atoms with van der Waals surface area (Å²) < 4.78 is 0. The Bertz CT molecular complexity index is 1310. The molecule has 3 heterocycles. The number of aryl methyl sites for hydroxylation is 2. The maximum atomic E-state index is 13.3. The molecule has 7 heteroatoms. The largest absolute Gasteiger partial charge is 0.342 e. The van der Waals surface area contributed by atoms with Crippen molar-refractivity contribution in [2.24, 2.45) is 0 Å². The summed E-state index contributed by atoms with van der Waals surface area (Å²) in [6.07, 6.45) is 1.88. The number of carbonyl (C=O) groups excluding carboxylic acids is 1. The number of nitrogens with one attached hydrogen (secondary N) is 1. The van der Waals surface area contributed by atoms with E-state index in [0.717, 1.165) is 59.0 Å². The van der Waals surface area contributed by atoms with Gasteiger partial charge < -0.3 is 9.88 Å². The molecular formula is C25H24ClN5O. The van der Waals surface area contributed by atoms with Gasteiger partial charge in [-0.15, -0.1) is 0 Å². The van der Waals surface area contributed by atoms with Crippen LogP contribution in [0.15, 0.2) is 48.5 Å². The smallest absolute Gasteiger partial charge is 0.253 e. The zero-order chi connectivity index (χ0) is 22.2. The van der Waals surface area contributed by atoms with Gasteiger partial charge in [-0.05, 0) is 63.1 Å². The van der Waals surface area contributed by atoms with Gasteiger partial charge in [-0.2, -0.15) is 0 Å². The number of aromatic amines is 1. The fourth-order valence-corrected chi connectivity index (χ4v) is 4.59. The molecule has 1 N–H and O–H groups in total. The van der Waals surface area contributed by atoms with E-state index >= 15 is 0 Å². The molecule has 0 bridgehead atoms. The van der Waals surface area contributed by atoms with Crippen LogP contribution in [0.5, 0.6) is 0 Å². The molecule has 1 aliphatic heterocycles. The SMILES string of the molecule is Cc1cc(-c2cccc(Cl)c2)nc(C2CCCN(C(=O)c3ccc4nc(C)[nH]c4c3)C2)n1. The van der Waals surface area contributed by atoms with Gasteiger partial charge in [0.05, 0.1) is 16.7 Å². The minimum atomic E-state index is 0.0339. The number of benzene rings is 2. The Morgan fingerprint density at radius 3 is 2.81 bits per heavy atom. The Morgan fingerprint density at radius 2 is 1.97 bits per heavy atom. The summed E-state index contributed by atoms with van der Waals surface area (Å²) in [4.78, 5) is 32.4. The van der Waals surface area contributed by atoms with E-state index in [0.29, 0.717) is 17.1 Å². The standard InChI is InChI=1S/C25H24ClN5O/c1-15-11-22(17-5-3-7-20(26)12-17)30-24(27-15)19-6-4-10-31(14-19)25(32)18-8-9-21-23(13-18)29-16(2)28-21/h3,5,7-9,11-13,19H,4,6,10,14H2,1-2H3,(H,28,29). The van der Waals surface area contributed by atoms with Gasteiger partial charge in [0.2, 0.25) is 0 Å². The predicted octanol–water partition coefficient (Wildman–Crippen LogP) is 5.31. The Kier molecular flexibility index (Phi) is 5.39. The number of hydrogen-bond acceptors (Lipinski definition) is 4. The van der Waals surface area contributed by atoms with Crippen LogP contribution < -0.4 is 0 Å². The van der Waals surface area contributed by atoms with Crippen molar-refractivity contribution in [1.29, 1.82) is 0 Å². The summed E-state index contributed by atoms with van der Waals surface area (Å²) in [6, 6.07) is 15.3. The molecule has 5 rings (SSSR count).